The van der Waals surface area contributed by atoms with Crippen molar-refractivity contribution in [3.05, 3.63) is 0 Å². The number of hydroxylamine groups is 2. The van der Waals surface area contributed by atoms with E-state index < -0.39 is 29.1 Å². The molecular formula is C21H39NO8. The summed E-state index contributed by atoms with van der Waals surface area (Å²) in [5, 5.41) is 1.02. The lowest BCUT2D eigenvalue weighted by Crippen LogP contribution is -2.61. The highest BCUT2D eigenvalue weighted by Gasteiger charge is 2.52. The molecule has 0 saturated carbocycles. The van der Waals surface area contributed by atoms with Crippen LogP contribution in [0.3, 0.4) is 0 Å². The van der Waals surface area contributed by atoms with Crippen LogP contribution in [0.25, 0.3) is 0 Å². The van der Waals surface area contributed by atoms with Gasteiger partial charge in [-0.3, -0.25) is 0 Å². The van der Waals surface area contributed by atoms with E-state index in [0.717, 1.165) is 5.06 Å². The maximum atomic E-state index is 12.4. The molecule has 0 aromatic carbocycles. The van der Waals surface area contributed by atoms with Crippen molar-refractivity contribution in [1.29, 1.82) is 0 Å². The first-order valence-electron chi connectivity index (χ1n) is 10.8. The molecule has 9 nitrogen and oxygen atoms in total. The summed E-state index contributed by atoms with van der Waals surface area (Å²) in [4.78, 5) is 18.1. The van der Waals surface area contributed by atoms with E-state index in [2.05, 4.69) is 0 Å². The van der Waals surface area contributed by atoms with Gasteiger partial charge in [0.15, 0.2) is 0 Å². The van der Waals surface area contributed by atoms with Crippen molar-refractivity contribution in [3.8, 4) is 0 Å². The third kappa shape index (κ3) is 6.05. The number of nitrogens with zero attached hydrogens (tertiary/aromatic N) is 1. The Hall–Kier alpha value is -0.970. The summed E-state index contributed by atoms with van der Waals surface area (Å²) >= 11 is 0. The fourth-order valence-electron chi connectivity index (χ4n) is 3.04. The first kappa shape index (κ1) is 25.3. The van der Waals surface area contributed by atoms with Crippen LogP contribution in [0, 0.1) is 5.41 Å². The Balaban J connectivity index is 1.94. The largest absolute Gasteiger partial charge is 0.442 e. The quantitative estimate of drug-likeness (QED) is 0.534. The second-order valence-electron chi connectivity index (χ2n) is 8.96. The molecule has 2 saturated heterocycles. The molecule has 0 radical (unpaired) electrons. The molecule has 2 fully saturated rings. The molecule has 9 heteroatoms. The van der Waals surface area contributed by atoms with Gasteiger partial charge < -0.3 is 28.4 Å². The van der Waals surface area contributed by atoms with Gasteiger partial charge in [0, 0.05) is 19.9 Å². The van der Waals surface area contributed by atoms with Crippen molar-refractivity contribution in [1.82, 2.24) is 5.06 Å². The van der Waals surface area contributed by atoms with Crippen LogP contribution in [0.5, 0.6) is 0 Å². The molecule has 0 atom stereocenters. The standard InChI is InChI=1S/C21H39NO8/c1-9-18(6,7)29-17(23)22(8)30-21(11-3)26-14-19(15-27-21)12-24-20(10-2,25-13-19)28-16(4)5/h16H,9-15H2,1-8H3. The summed E-state index contributed by atoms with van der Waals surface area (Å²) in [5.41, 5.74) is -1.06. The number of rotatable bonds is 8. The Morgan fingerprint density at radius 1 is 0.967 bits per heavy atom. The van der Waals surface area contributed by atoms with Crippen LogP contribution in [0.4, 0.5) is 4.79 Å². The zero-order valence-corrected chi connectivity index (χ0v) is 19.7. The number of ether oxygens (including phenoxy) is 6. The normalized spacial score (nSPS) is 32.4. The number of carbonyl (C=O) groups is 1. The first-order valence-corrected chi connectivity index (χ1v) is 10.8. The van der Waals surface area contributed by atoms with E-state index in [4.69, 9.17) is 33.3 Å². The molecular weight excluding hydrogens is 394 g/mol. The van der Waals surface area contributed by atoms with Crippen LogP contribution in [0.2, 0.25) is 0 Å². The average molecular weight is 434 g/mol. The van der Waals surface area contributed by atoms with Crippen molar-refractivity contribution >= 4 is 6.09 Å². The molecule has 0 unspecified atom stereocenters. The van der Waals surface area contributed by atoms with Crippen molar-refractivity contribution in [3.63, 3.8) is 0 Å². The Labute approximate surface area is 180 Å². The minimum absolute atomic E-state index is 0.0213. The highest BCUT2D eigenvalue weighted by atomic mass is 16.9. The van der Waals surface area contributed by atoms with Gasteiger partial charge in [0.2, 0.25) is 0 Å². The number of amides is 1. The Morgan fingerprint density at radius 2 is 1.43 bits per heavy atom. The van der Waals surface area contributed by atoms with E-state index in [1.807, 2.05) is 48.5 Å². The molecule has 2 aliphatic heterocycles. The van der Waals surface area contributed by atoms with Crippen molar-refractivity contribution in [2.45, 2.75) is 91.4 Å². The smallest absolute Gasteiger partial charge is 0.434 e. The molecule has 0 bridgehead atoms. The Kier molecular flexibility index (Phi) is 8.15. The molecule has 176 valence electrons. The molecule has 0 aromatic rings. The van der Waals surface area contributed by atoms with Gasteiger partial charge in [0.1, 0.15) is 5.60 Å². The molecule has 1 amide bonds. The summed E-state index contributed by atoms with van der Waals surface area (Å²) in [6, 6.07) is 0. The van der Waals surface area contributed by atoms with Crippen LogP contribution in [0.1, 0.15) is 67.7 Å². The zero-order chi connectivity index (χ0) is 22.6. The van der Waals surface area contributed by atoms with Crippen molar-refractivity contribution in [2.75, 3.05) is 33.5 Å². The van der Waals surface area contributed by atoms with Gasteiger partial charge in [-0.1, -0.05) is 20.8 Å². The van der Waals surface area contributed by atoms with Crippen molar-refractivity contribution in [2.24, 2.45) is 5.41 Å². The summed E-state index contributed by atoms with van der Waals surface area (Å²) in [5.74, 6) is -2.41. The van der Waals surface area contributed by atoms with Crippen LogP contribution in [-0.2, 0) is 33.3 Å². The Bertz CT molecular complexity index is 561. The van der Waals surface area contributed by atoms with Gasteiger partial charge >= 0.3 is 12.1 Å². The number of hydrogen-bond donors (Lipinski definition) is 0. The molecule has 2 heterocycles. The van der Waals surface area contributed by atoms with E-state index in [0.29, 0.717) is 45.7 Å². The first-order chi connectivity index (χ1) is 13.9. The summed E-state index contributed by atoms with van der Waals surface area (Å²) < 4.78 is 35.2. The second-order valence-corrected chi connectivity index (χ2v) is 8.96. The summed E-state index contributed by atoms with van der Waals surface area (Å²) in [6.07, 6.45) is 1.01. The van der Waals surface area contributed by atoms with E-state index in [1.54, 1.807) is 0 Å². The van der Waals surface area contributed by atoms with Gasteiger partial charge in [-0.2, -0.15) is 5.06 Å². The van der Waals surface area contributed by atoms with E-state index >= 15 is 0 Å². The van der Waals surface area contributed by atoms with Gasteiger partial charge in [-0.15, -0.1) is 0 Å². The average Bonchev–Trinajstić information content (AvgIpc) is 2.71. The summed E-state index contributed by atoms with van der Waals surface area (Å²) in [6.45, 7) is 14.7. The monoisotopic (exact) mass is 433 g/mol. The maximum absolute atomic E-state index is 12.4. The second kappa shape index (κ2) is 9.67. The van der Waals surface area contributed by atoms with E-state index in [1.165, 1.54) is 7.05 Å². The molecule has 30 heavy (non-hydrogen) atoms. The third-order valence-electron chi connectivity index (χ3n) is 5.42. The minimum Gasteiger partial charge on any atom is -0.442 e. The zero-order valence-electron chi connectivity index (χ0n) is 19.7. The van der Waals surface area contributed by atoms with Gasteiger partial charge in [-0.25, -0.2) is 9.63 Å². The SMILES string of the molecule is CCC(C)(C)OC(=O)N(C)OC1(CC)OCC2(COC(CC)(OC(C)C)OC2)CO1. The molecule has 1 spiro atoms. The lowest BCUT2D eigenvalue weighted by atomic mass is 9.90. The van der Waals surface area contributed by atoms with Crippen LogP contribution >= 0.6 is 0 Å². The highest BCUT2D eigenvalue weighted by molar-refractivity contribution is 5.66. The lowest BCUT2D eigenvalue weighted by molar-refractivity contribution is -0.490. The lowest BCUT2D eigenvalue weighted by Gasteiger charge is -2.50. The third-order valence-corrected chi connectivity index (χ3v) is 5.42. The number of hydrogen-bond acceptors (Lipinski definition) is 8. The van der Waals surface area contributed by atoms with Crippen molar-refractivity contribution < 1.29 is 38.1 Å². The maximum Gasteiger partial charge on any atom is 0.434 e. The topological polar surface area (TPSA) is 84.9 Å². The molecule has 0 N–H and O–H groups in total. The highest BCUT2D eigenvalue weighted by Crippen LogP contribution is 2.40. The molecule has 2 rings (SSSR count). The van der Waals surface area contributed by atoms with Crippen LogP contribution in [0.15, 0.2) is 0 Å². The fraction of sp³-hybridized carbons (Fsp3) is 0.952. The number of carbonyl (C=O) groups excluding carboxylic acids is 1. The van der Waals surface area contributed by atoms with E-state index in [-0.39, 0.29) is 6.10 Å². The van der Waals surface area contributed by atoms with Crippen LogP contribution < -0.4 is 0 Å². The van der Waals surface area contributed by atoms with Gasteiger partial charge in [0.05, 0.1) is 37.9 Å². The van der Waals surface area contributed by atoms with Gasteiger partial charge in [-0.05, 0) is 34.1 Å². The molecule has 0 aromatic heterocycles. The van der Waals surface area contributed by atoms with Crippen LogP contribution in [-0.4, -0.2) is 68.3 Å². The predicted octanol–water partition coefficient (Wildman–Crippen LogP) is 3.81. The van der Waals surface area contributed by atoms with E-state index in [9.17, 15) is 4.79 Å². The minimum atomic E-state index is -1.37. The predicted molar refractivity (Wildman–Crippen MR) is 108 cm³/mol. The summed E-state index contributed by atoms with van der Waals surface area (Å²) in [7, 11) is 1.48. The fourth-order valence-corrected chi connectivity index (χ4v) is 3.04. The Morgan fingerprint density at radius 3 is 1.83 bits per heavy atom. The van der Waals surface area contributed by atoms with Gasteiger partial charge in [0.25, 0.3) is 5.97 Å². The molecule has 0 aliphatic carbocycles. The molecule has 2 aliphatic rings.